The number of benzene rings is 1. The first-order chi connectivity index (χ1) is 10.1. The smallest absolute Gasteiger partial charge is 0.251 e. The van der Waals surface area contributed by atoms with E-state index >= 15 is 0 Å². The number of hydrogen-bond acceptors (Lipinski definition) is 4. The predicted molar refractivity (Wildman–Crippen MR) is 82.7 cm³/mol. The van der Waals surface area contributed by atoms with Crippen molar-refractivity contribution in [3.8, 4) is 0 Å². The van der Waals surface area contributed by atoms with Crippen LogP contribution in [0.2, 0.25) is 0 Å². The third kappa shape index (κ3) is 2.85. The van der Waals surface area contributed by atoms with Crippen molar-refractivity contribution in [2.24, 2.45) is 0 Å². The molecule has 1 aromatic carbocycles. The highest BCUT2D eigenvalue weighted by Crippen LogP contribution is 2.32. The molecule has 6 heteroatoms. The number of anilines is 1. The number of hydrogen-bond donors (Lipinski definition) is 1. The Morgan fingerprint density at radius 2 is 2.24 bits per heavy atom. The van der Waals surface area contributed by atoms with Gasteiger partial charge < -0.3 is 9.88 Å². The minimum absolute atomic E-state index is 0.0314. The van der Waals surface area contributed by atoms with E-state index in [0.29, 0.717) is 5.16 Å². The number of aromatic nitrogens is 2. The van der Waals surface area contributed by atoms with Crippen molar-refractivity contribution >= 4 is 23.4 Å². The maximum absolute atomic E-state index is 12.5. The Morgan fingerprint density at radius 3 is 3.05 bits per heavy atom. The molecule has 1 atom stereocenters. The minimum Gasteiger partial charge on any atom is -0.308 e. The molecule has 0 fully saturated rings. The van der Waals surface area contributed by atoms with Gasteiger partial charge in [0.15, 0.2) is 5.16 Å². The summed E-state index contributed by atoms with van der Waals surface area (Å²) in [5.74, 6) is 0.287. The summed E-state index contributed by atoms with van der Waals surface area (Å²) >= 11 is 1.25. The summed E-state index contributed by atoms with van der Waals surface area (Å²) < 4.78 is 0. The third-order valence-corrected chi connectivity index (χ3v) is 4.33. The minimum atomic E-state index is -0.208. The van der Waals surface area contributed by atoms with Gasteiger partial charge in [0.05, 0.1) is 5.75 Å². The fourth-order valence-electron chi connectivity index (χ4n) is 2.57. The summed E-state index contributed by atoms with van der Waals surface area (Å²) in [5, 5.41) is 0.469. The van der Waals surface area contributed by atoms with E-state index in [2.05, 4.69) is 16.0 Å². The van der Waals surface area contributed by atoms with Gasteiger partial charge in [-0.2, -0.15) is 0 Å². The van der Waals surface area contributed by atoms with E-state index in [4.69, 9.17) is 0 Å². The van der Waals surface area contributed by atoms with E-state index in [0.717, 1.165) is 12.1 Å². The van der Waals surface area contributed by atoms with Crippen LogP contribution in [0, 0.1) is 0 Å². The third-order valence-electron chi connectivity index (χ3n) is 3.46. The Hall–Kier alpha value is -2.08. The van der Waals surface area contributed by atoms with Crippen LogP contribution in [0.4, 0.5) is 5.69 Å². The fourth-order valence-corrected chi connectivity index (χ4v) is 3.28. The zero-order valence-electron chi connectivity index (χ0n) is 11.6. The molecule has 0 saturated carbocycles. The standard InChI is InChI=1S/C15H15N3O2S/c1-10-8-11-4-2-3-5-12(11)18(10)14(20)9-21-15-16-7-6-13(19)17-15/h2-7,10H,8-9H2,1H3,(H,16,17,19)/t10-/m1/s1. The van der Waals surface area contributed by atoms with Gasteiger partial charge in [0.2, 0.25) is 5.91 Å². The molecule has 0 saturated heterocycles. The molecule has 3 rings (SSSR count). The van der Waals surface area contributed by atoms with Crippen LogP contribution in [0.5, 0.6) is 0 Å². The molecule has 0 aliphatic carbocycles. The molecule has 1 aliphatic rings. The first-order valence-electron chi connectivity index (χ1n) is 6.73. The Labute approximate surface area is 126 Å². The molecule has 108 valence electrons. The molecule has 0 unspecified atom stereocenters. The number of nitrogens with one attached hydrogen (secondary N) is 1. The van der Waals surface area contributed by atoms with Crippen molar-refractivity contribution < 1.29 is 4.79 Å². The topological polar surface area (TPSA) is 66.1 Å². The molecule has 0 spiro atoms. The molecule has 1 amide bonds. The first kappa shape index (κ1) is 13.9. The van der Waals surface area contributed by atoms with Crippen molar-refractivity contribution in [1.82, 2.24) is 9.97 Å². The molecule has 1 aliphatic heterocycles. The average Bonchev–Trinajstić information content (AvgIpc) is 2.81. The lowest BCUT2D eigenvalue weighted by Gasteiger charge is -2.22. The number of rotatable bonds is 3. The molecule has 1 aromatic heterocycles. The van der Waals surface area contributed by atoms with E-state index in [1.165, 1.54) is 29.6 Å². The number of thioether (sulfide) groups is 1. The molecule has 1 N–H and O–H groups in total. The number of aromatic amines is 1. The SMILES string of the molecule is C[C@@H]1Cc2ccccc2N1C(=O)CSc1nccc(=O)[nH]1. The fraction of sp³-hybridized carbons (Fsp3) is 0.267. The quantitative estimate of drug-likeness (QED) is 0.694. The monoisotopic (exact) mass is 301 g/mol. The Morgan fingerprint density at radius 1 is 1.43 bits per heavy atom. The lowest BCUT2D eigenvalue weighted by Crippen LogP contribution is -2.37. The van der Waals surface area contributed by atoms with Gasteiger partial charge in [-0.25, -0.2) is 4.98 Å². The van der Waals surface area contributed by atoms with E-state index in [9.17, 15) is 9.59 Å². The van der Waals surface area contributed by atoms with Crippen LogP contribution in [0.1, 0.15) is 12.5 Å². The van der Waals surface area contributed by atoms with Gasteiger partial charge in [-0.05, 0) is 25.0 Å². The molecule has 0 radical (unpaired) electrons. The number of para-hydroxylation sites is 1. The Kier molecular flexibility index (Phi) is 3.79. The lowest BCUT2D eigenvalue weighted by molar-refractivity contribution is -0.116. The number of H-pyrrole nitrogens is 1. The van der Waals surface area contributed by atoms with E-state index in [1.807, 2.05) is 30.0 Å². The molecule has 5 nitrogen and oxygen atoms in total. The van der Waals surface area contributed by atoms with Crippen LogP contribution in [-0.2, 0) is 11.2 Å². The highest BCUT2D eigenvalue weighted by molar-refractivity contribution is 7.99. The van der Waals surface area contributed by atoms with Crippen LogP contribution >= 0.6 is 11.8 Å². The zero-order chi connectivity index (χ0) is 14.8. The summed E-state index contributed by atoms with van der Waals surface area (Å²) in [7, 11) is 0. The number of carbonyl (C=O) groups excluding carboxylic acids is 1. The van der Waals surface area contributed by atoms with Gasteiger partial charge in [-0.1, -0.05) is 30.0 Å². The lowest BCUT2D eigenvalue weighted by atomic mass is 10.1. The van der Waals surface area contributed by atoms with Crippen molar-refractivity contribution in [3.63, 3.8) is 0 Å². The molecule has 21 heavy (non-hydrogen) atoms. The van der Waals surface area contributed by atoms with Crippen molar-refractivity contribution in [3.05, 3.63) is 52.4 Å². The van der Waals surface area contributed by atoms with Crippen LogP contribution < -0.4 is 10.5 Å². The largest absolute Gasteiger partial charge is 0.308 e. The number of fused-ring (bicyclic) bond motifs is 1. The molecule has 0 bridgehead atoms. The van der Waals surface area contributed by atoms with E-state index < -0.39 is 0 Å². The maximum atomic E-state index is 12.5. The first-order valence-corrected chi connectivity index (χ1v) is 7.72. The van der Waals surface area contributed by atoms with Gasteiger partial charge in [0.25, 0.3) is 5.56 Å². The van der Waals surface area contributed by atoms with Gasteiger partial charge in [-0.3, -0.25) is 9.59 Å². The second-order valence-electron chi connectivity index (χ2n) is 4.97. The molecule has 2 aromatic rings. The zero-order valence-corrected chi connectivity index (χ0v) is 12.4. The normalized spacial score (nSPS) is 16.8. The number of amides is 1. The van der Waals surface area contributed by atoms with Crippen molar-refractivity contribution in [2.75, 3.05) is 10.7 Å². The molecular formula is C15H15N3O2S. The second kappa shape index (κ2) is 5.73. The van der Waals surface area contributed by atoms with Gasteiger partial charge in [-0.15, -0.1) is 0 Å². The predicted octanol–water partition coefficient (Wildman–Crippen LogP) is 1.84. The van der Waals surface area contributed by atoms with Gasteiger partial charge in [0.1, 0.15) is 0 Å². The Bertz CT molecular complexity index is 729. The van der Waals surface area contributed by atoms with Gasteiger partial charge in [0, 0.05) is 24.0 Å². The van der Waals surface area contributed by atoms with E-state index in [1.54, 1.807) is 0 Å². The second-order valence-corrected chi connectivity index (χ2v) is 5.94. The summed E-state index contributed by atoms with van der Waals surface area (Å²) in [4.78, 5) is 32.1. The van der Waals surface area contributed by atoms with Gasteiger partial charge >= 0.3 is 0 Å². The van der Waals surface area contributed by atoms with Crippen molar-refractivity contribution in [2.45, 2.75) is 24.5 Å². The summed E-state index contributed by atoms with van der Waals surface area (Å²) in [6.07, 6.45) is 2.33. The summed E-state index contributed by atoms with van der Waals surface area (Å²) in [6, 6.07) is 9.49. The average molecular weight is 301 g/mol. The van der Waals surface area contributed by atoms with Crippen LogP contribution in [0.3, 0.4) is 0 Å². The Balaban J connectivity index is 1.73. The summed E-state index contributed by atoms with van der Waals surface area (Å²) in [5.41, 5.74) is 1.99. The van der Waals surface area contributed by atoms with Crippen LogP contribution in [0.25, 0.3) is 0 Å². The number of carbonyl (C=O) groups is 1. The highest BCUT2D eigenvalue weighted by atomic mass is 32.2. The van der Waals surface area contributed by atoms with Crippen LogP contribution in [0.15, 0.2) is 46.5 Å². The number of nitrogens with zero attached hydrogens (tertiary/aromatic N) is 2. The maximum Gasteiger partial charge on any atom is 0.251 e. The molecule has 2 heterocycles. The highest BCUT2D eigenvalue weighted by Gasteiger charge is 2.30. The summed E-state index contributed by atoms with van der Waals surface area (Å²) in [6.45, 7) is 2.05. The van der Waals surface area contributed by atoms with Crippen LogP contribution in [-0.4, -0.2) is 27.7 Å². The van der Waals surface area contributed by atoms with E-state index in [-0.39, 0.29) is 23.3 Å². The van der Waals surface area contributed by atoms with Crippen molar-refractivity contribution in [1.29, 1.82) is 0 Å². The molecular weight excluding hydrogens is 286 g/mol.